The highest BCUT2D eigenvalue weighted by molar-refractivity contribution is 5.92. The van der Waals surface area contributed by atoms with Crippen molar-refractivity contribution in [1.82, 2.24) is 5.43 Å². The topological polar surface area (TPSA) is 97.7 Å². The quantitative estimate of drug-likeness (QED) is 0.463. The normalized spacial score (nSPS) is 9.47. The molecule has 0 aliphatic rings. The van der Waals surface area contributed by atoms with Gasteiger partial charge in [-0.15, -0.1) is 0 Å². The first-order valence-corrected chi connectivity index (χ1v) is 4.06. The number of rotatable bonds is 3. The van der Waals surface area contributed by atoms with Crippen molar-refractivity contribution in [2.24, 2.45) is 5.10 Å². The summed E-state index contributed by atoms with van der Waals surface area (Å²) in [4.78, 5) is 20.8. The molecule has 1 N–H and O–H groups in total. The number of hydrazone groups is 1. The summed E-state index contributed by atoms with van der Waals surface area (Å²) in [5.41, 5.74) is 2.84. The van der Waals surface area contributed by atoms with Gasteiger partial charge in [-0.05, 0) is 19.9 Å². The van der Waals surface area contributed by atoms with E-state index < -0.39 is 16.7 Å². The molecule has 0 aromatic carbocycles. The molecule has 1 aromatic heterocycles. The smallest absolute Gasteiger partial charge is 0.395 e. The van der Waals surface area contributed by atoms with Gasteiger partial charge in [0, 0.05) is 5.71 Å². The maximum atomic E-state index is 11.3. The lowest BCUT2D eigenvalue weighted by atomic mass is 10.4. The molecular weight excluding hydrogens is 202 g/mol. The van der Waals surface area contributed by atoms with Gasteiger partial charge in [-0.3, -0.25) is 14.9 Å². The summed E-state index contributed by atoms with van der Waals surface area (Å²) in [5.74, 6) is -1.24. The van der Waals surface area contributed by atoms with Crippen molar-refractivity contribution in [2.45, 2.75) is 13.8 Å². The SMILES string of the molecule is CC(C)=NNC(=O)c1ccc([N+](=O)[O-])o1. The van der Waals surface area contributed by atoms with Crippen LogP contribution >= 0.6 is 0 Å². The van der Waals surface area contributed by atoms with Gasteiger partial charge in [-0.2, -0.15) is 5.10 Å². The second-order valence-electron chi connectivity index (χ2n) is 2.89. The van der Waals surface area contributed by atoms with Crippen molar-refractivity contribution in [3.05, 3.63) is 28.0 Å². The standard InChI is InChI=1S/C8H9N3O4/c1-5(2)9-10-8(12)6-3-4-7(15-6)11(13)14/h3-4H,1-2H3,(H,10,12). The number of amides is 1. The molecule has 7 heteroatoms. The Balaban J connectivity index is 2.75. The minimum Gasteiger partial charge on any atom is -0.395 e. The van der Waals surface area contributed by atoms with Gasteiger partial charge < -0.3 is 4.42 Å². The van der Waals surface area contributed by atoms with E-state index in [-0.39, 0.29) is 5.76 Å². The first-order chi connectivity index (χ1) is 7.00. The van der Waals surface area contributed by atoms with Crippen LogP contribution in [0.5, 0.6) is 0 Å². The Labute approximate surface area is 84.9 Å². The number of furan rings is 1. The molecule has 0 atom stereocenters. The third-order valence-electron chi connectivity index (χ3n) is 1.38. The van der Waals surface area contributed by atoms with Crippen LogP contribution in [0.2, 0.25) is 0 Å². The van der Waals surface area contributed by atoms with E-state index in [1.165, 1.54) is 6.07 Å². The monoisotopic (exact) mass is 211 g/mol. The van der Waals surface area contributed by atoms with Gasteiger partial charge in [0.05, 0.1) is 6.07 Å². The number of carbonyl (C=O) groups excluding carboxylic acids is 1. The molecule has 1 rings (SSSR count). The van der Waals surface area contributed by atoms with Crippen LogP contribution in [0.1, 0.15) is 24.4 Å². The molecule has 0 radical (unpaired) electrons. The molecule has 0 aliphatic heterocycles. The summed E-state index contributed by atoms with van der Waals surface area (Å²) in [6.45, 7) is 3.40. The number of nitrogens with one attached hydrogen (secondary N) is 1. The van der Waals surface area contributed by atoms with E-state index in [2.05, 4.69) is 14.9 Å². The van der Waals surface area contributed by atoms with Gasteiger partial charge >= 0.3 is 11.8 Å². The van der Waals surface area contributed by atoms with Crippen molar-refractivity contribution < 1.29 is 14.1 Å². The molecule has 1 amide bonds. The number of nitro groups is 1. The Morgan fingerprint density at radius 3 is 2.67 bits per heavy atom. The van der Waals surface area contributed by atoms with Crippen molar-refractivity contribution >= 4 is 17.5 Å². The Bertz CT molecular complexity index is 417. The lowest BCUT2D eigenvalue weighted by Crippen LogP contribution is -2.17. The zero-order valence-electron chi connectivity index (χ0n) is 8.18. The molecule has 0 saturated carbocycles. The molecule has 15 heavy (non-hydrogen) atoms. The van der Waals surface area contributed by atoms with Crippen molar-refractivity contribution in [3.63, 3.8) is 0 Å². The van der Waals surface area contributed by atoms with Crippen LogP contribution < -0.4 is 5.43 Å². The van der Waals surface area contributed by atoms with Crippen molar-refractivity contribution in [1.29, 1.82) is 0 Å². The van der Waals surface area contributed by atoms with E-state index in [0.29, 0.717) is 5.71 Å². The van der Waals surface area contributed by atoms with Crippen LogP contribution in [0, 0.1) is 10.1 Å². The predicted molar refractivity (Wildman–Crippen MR) is 51.6 cm³/mol. The fourth-order valence-electron chi connectivity index (χ4n) is 0.766. The number of nitrogens with zero attached hydrogens (tertiary/aromatic N) is 2. The maximum absolute atomic E-state index is 11.3. The second-order valence-corrected chi connectivity index (χ2v) is 2.89. The highest BCUT2D eigenvalue weighted by Crippen LogP contribution is 2.15. The molecule has 80 valence electrons. The van der Waals surface area contributed by atoms with Gasteiger partial charge in [-0.1, -0.05) is 0 Å². The molecule has 1 heterocycles. The van der Waals surface area contributed by atoms with E-state index in [1.807, 2.05) is 0 Å². The van der Waals surface area contributed by atoms with E-state index in [9.17, 15) is 14.9 Å². The highest BCUT2D eigenvalue weighted by Gasteiger charge is 2.16. The minimum atomic E-state index is -0.717. The summed E-state index contributed by atoms with van der Waals surface area (Å²) in [7, 11) is 0. The van der Waals surface area contributed by atoms with E-state index in [4.69, 9.17) is 0 Å². The first-order valence-electron chi connectivity index (χ1n) is 4.06. The molecule has 0 unspecified atom stereocenters. The predicted octanol–water partition coefficient (Wildman–Crippen LogP) is 1.31. The van der Waals surface area contributed by atoms with Crippen LogP contribution in [0.25, 0.3) is 0 Å². The summed E-state index contributed by atoms with van der Waals surface area (Å²) in [6, 6.07) is 2.32. The average Bonchev–Trinajstić information content (AvgIpc) is 2.62. The first kappa shape index (κ1) is 10.9. The second kappa shape index (κ2) is 4.36. The Morgan fingerprint density at radius 2 is 2.20 bits per heavy atom. The fraction of sp³-hybridized carbons (Fsp3) is 0.250. The molecule has 0 bridgehead atoms. The van der Waals surface area contributed by atoms with Gasteiger partial charge in [0.2, 0.25) is 5.76 Å². The van der Waals surface area contributed by atoms with E-state index >= 15 is 0 Å². The number of hydrogen-bond acceptors (Lipinski definition) is 5. The van der Waals surface area contributed by atoms with Crippen LogP contribution in [0.4, 0.5) is 5.88 Å². The molecule has 0 saturated heterocycles. The Kier molecular flexibility index (Phi) is 3.17. The minimum absolute atomic E-state index is 0.147. The summed E-state index contributed by atoms with van der Waals surface area (Å²) in [5, 5.41) is 13.9. The van der Waals surface area contributed by atoms with Crippen LogP contribution in [-0.4, -0.2) is 16.5 Å². The maximum Gasteiger partial charge on any atom is 0.433 e. The van der Waals surface area contributed by atoms with Crippen molar-refractivity contribution in [2.75, 3.05) is 0 Å². The highest BCUT2D eigenvalue weighted by atomic mass is 16.6. The number of hydrogen-bond donors (Lipinski definition) is 1. The zero-order valence-corrected chi connectivity index (χ0v) is 8.18. The van der Waals surface area contributed by atoms with Gasteiger partial charge in [0.1, 0.15) is 4.92 Å². The summed E-state index contributed by atoms with van der Waals surface area (Å²) < 4.78 is 4.66. The zero-order chi connectivity index (χ0) is 11.4. The van der Waals surface area contributed by atoms with Crippen LogP contribution in [0.3, 0.4) is 0 Å². The fourth-order valence-corrected chi connectivity index (χ4v) is 0.766. The number of carbonyl (C=O) groups is 1. The lowest BCUT2D eigenvalue weighted by Gasteiger charge is -1.94. The third kappa shape index (κ3) is 2.90. The average molecular weight is 211 g/mol. The summed E-state index contributed by atoms with van der Waals surface area (Å²) in [6.07, 6.45) is 0. The lowest BCUT2D eigenvalue weighted by molar-refractivity contribution is -0.402. The Hall–Kier alpha value is -2.18. The van der Waals surface area contributed by atoms with Crippen LogP contribution in [-0.2, 0) is 0 Å². The van der Waals surface area contributed by atoms with E-state index in [1.54, 1.807) is 13.8 Å². The summed E-state index contributed by atoms with van der Waals surface area (Å²) >= 11 is 0. The van der Waals surface area contributed by atoms with Gasteiger partial charge in [0.25, 0.3) is 0 Å². The molecule has 0 fully saturated rings. The third-order valence-corrected chi connectivity index (χ3v) is 1.38. The van der Waals surface area contributed by atoms with E-state index in [0.717, 1.165) is 6.07 Å². The van der Waals surface area contributed by atoms with Gasteiger partial charge in [-0.25, -0.2) is 5.43 Å². The molecular formula is C8H9N3O4. The largest absolute Gasteiger partial charge is 0.433 e. The van der Waals surface area contributed by atoms with Crippen LogP contribution in [0.15, 0.2) is 21.7 Å². The van der Waals surface area contributed by atoms with Gasteiger partial charge in [0.15, 0.2) is 0 Å². The molecule has 7 nitrogen and oxygen atoms in total. The van der Waals surface area contributed by atoms with Crippen molar-refractivity contribution in [3.8, 4) is 0 Å². The Morgan fingerprint density at radius 1 is 1.53 bits per heavy atom. The molecule has 1 aromatic rings. The molecule has 0 spiro atoms. The molecule has 0 aliphatic carbocycles.